The third kappa shape index (κ3) is 2.19. The van der Waals surface area contributed by atoms with E-state index < -0.39 is 27.5 Å². The fraction of sp³-hybridized carbons (Fsp3) is 0.0769. The van der Waals surface area contributed by atoms with E-state index >= 15 is 0 Å². The number of nitrogens with zero attached hydrogens (tertiary/aromatic N) is 4. The molecule has 0 amide bonds. The van der Waals surface area contributed by atoms with Gasteiger partial charge < -0.3 is 0 Å². The summed E-state index contributed by atoms with van der Waals surface area (Å²) < 4.78 is 54.9. The smallest absolute Gasteiger partial charge is 0.271 e. The molecule has 3 heterocycles. The van der Waals surface area contributed by atoms with E-state index in [0.717, 1.165) is 18.5 Å². The average molecular weight is 324 g/mol. The molecule has 0 radical (unpaired) electrons. The van der Waals surface area contributed by atoms with Gasteiger partial charge in [0.25, 0.3) is 10.0 Å². The summed E-state index contributed by atoms with van der Waals surface area (Å²) in [5.41, 5.74) is -0.646. The van der Waals surface area contributed by atoms with E-state index in [2.05, 4.69) is 10.1 Å². The van der Waals surface area contributed by atoms with E-state index in [1.807, 2.05) is 0 Å². The van der Waals surface area contributed by atoms with E-state index in [0.29, 0.717) is 3.97 Å². The average Bonchev–Trinajstić information content (AvgIpc) is 3.06. The van der Waals surface area contributed by atoms with Crippen LogP contribution >= 0.6 is 0 Å². The molecule has 0 bridgehead atoms. The Hall–Kier alpha value is -2.55. The zero-order valence-corrected chi connectivity index (χ0v) is 12.1. The topological polar surface area (TPSA) is 69.8 Å². The van der Waals surface area contributed by atoms with Crippen molar-refractivity contribution in [1.29, 1.82) is 0 Å². The molecule has 0 spiro atoms. The normalized spacial score (nSPS) is 11.8. The predicted molar refractivity (Wildman–Crippen MR) is 73.4 cm³/mol. The van der Waals surface area contributed by atoms with Crippen LogP contribution in [0.5, 0.6) is 0 Å². The van der Waals surface area contributed by atoms with E-state index in [9.17, 15) is 17.2 Å². The van der Waals surface area contributed by atoms with Gasteiger partial charge in [-0.25, -0.2) is 21.8 Å². The van der Waals surface area contributed by atoms with Gasteiger partial charge in [0.1, 0.15) is 16.4 Å². The first-order valence-electron chi connectivity index (χ1n) is 6.13. The second-order valence-corrected chi connectivity index (χ2v) is 6.32. The zero-order chi connectivity index (χ0) is 15.9. The first-order chi connectivity index (χ1) is 10.4. The molecule has 0 aliphatic heterocycles. The molecule has 0 N–H and O–H groups in total. The van der Waals surface area contributed by atoms with Gasteiger partial charge in [-0.05, 0) is 18.2 Å². The second-order valence-electron chi connectivity index (χ2n) is 4.50. The number of hydrogen-bond donors (Lipinski definition) is 0. The third-order valence-corrected chi connectivity index (χ3v) is 4.68. The molecular weight excluding hydrogens is 314 g/mol. The Morgan fingerprint density at radius 2 is 2.00 bits per heavy atom. The molecule has 0 aliphatic carbocycles. The van der Waals surface area contributed by atoms with Crippen molar-refractivity contribution in [2.75, 3.05) is 0 Å². The fourth-order valence-corrected chi connectivity index (χ4v) is 3.39. The van der Waals surface area contributed by atoms with Gasteiger partial charge in [0.2, 0.25) is 5.95 Å². The van der Waals surface area contributed by atoms with E-state index in [1.165, 1.54) is 29.2 Å². The van der Waals surface area contributed by atoms with Gasteiger partial charge in [-0.1, -0.05) is 0 Å². The largest absolute Gasteiger partial charge is 0.274 e. The second kappa shape index (κ2) is 5.02. The highest BCUT2D eigenvalue weighted by Gasteiger charge is 2.26. The van der Waals surface area contributed by atoms with E-state index in [1.54, 1.807) is 7.05 Å². The maximum Gasteiger partial charge on any atom is 0.271 e. The first-order valence-corrected chi connectivity index (χ1v) is 7.57. The molecule has 0 aliphatic rings. The summed E-state index contributed by atoms with van der Waals surface area (Å²) in [4.78, 5) is 3.29. The summed E-state index contributed by atoms with van der Waals surface area (Å²) in [5, 5.41) is 3.78. The van der Waals surface area contributed by atoms with Crippen LogP contribution in [-0.4, -0.2) is 27.2 Å². The molecule has 3 aromatic heterocycles. The van der Waals surface area contributed by atoms with Crippen LogP contribution < -0.4 is 0 Å². The van der Waals surface area contributed by atoms with Crippen molar-refractivity contribution in [3.8, 4) is 11.3 Å². The van der Waals surface area contributed by atoms with Crippen molar-refractivity contribution in [2.24, 2.45) is 7.05 Å². The van der Waals surface area contributed by atoms with Crippen molar-refractivity contribution in [3.05, 3.63) is 54.8 Å². The maximum absolute atomic E-state index is 14.0. The number of aryl methyl sites for hydroxylation is 1. The van der Waals surface area contributed by atoms with Crippen LogP contribution in [0.1, 0.15) is 0 Å². The Labute approximate surface area is 124 Å². The van der Waals surface area contributed by atoms with Crippen LogP contribution in [0.2, 0.25) is 0 Å². The van der Waals surface area contributed by atoms with Crippen LogP contribution in [0.4, 0.5) is 8.78 Å². The van der Waals surface area contributed by atoms with Gasteiger partial charge in [0.15, 0.2) is 0 Å². The lowest BCUT2D eigenvalue weighted by Gasteiger charge is -2.09. The lowest BCUT2D eigenvalue weighted by Crippen LogP contribution is -2.13. The Morgan fingerprint density at radius 1 is 1.23 bits per heavy atom. The van der Waals surface area contributed by atoms with Gasteiger partial charge >= 0.3 is 0 Å². The quantitative estimate of drug-likeness (QED) is 0.689. The van der Waals surface area contributed by atoms with Crippen LogP contribution in [0.3, 0.4) is 0 Å². The molecule has 0 atom stereocenters. The number of aromatic nitrogens is 4. The molecule has 0 unspecified atom stereocenters. The highest BCUT2D eigenvalue weighted by molar-refractivity contribution is 7.90. The van der Waals surface area contributed by atoms with Gasteiger partial charge in [0.05, 0.1) is 11.8 Å². The number of pyridine rings is 1. The Morgan fingerprint density at radius 3 is 2.64 bits per heavy atom. The Balaban J connectivity index is 2.25. The maximum atomic E-state index is 14.0. The summed E-state index contributed by atoms with van der Waals surface area (Å²) in [6.07, 6.45) is 4.63. The summed E-state index contributed by atoms with van der Waals surface area (Å²) in [5.74, 6) is -1.82. The number of hydrogen-bond acceptors (Lipinski definition) is 4. The molecule has 3 aromatic rings. The van der Waals surface area contributed by atoms with Crippen molar-refractivity contribution in [3.63, 3.8) is 0 Å². The van der Waals surface area contributed by atoms with Gasteiger partial charge in [-0.15, -0.1) is 0 Å². The monoisotopic (exact) mass is 324 g/mol. The van der Waals surface area contributed by atoms with Crippen molar-refractivity contribution in [2.45, 2.75) is 4.90 Å². The molecule has 0 aromatic carbocycles. The molecule has 0 saturated heterocycles. The minimum absolute atomic E-state index is 0.129. The zero-order valence-electron chi connectivity index (χ0n) is 11.3. The summed E-state index contributed by atoms with van der Waals surface area (Å²) >= 11 is 0. The molecule has 6 nitrogen and oxygen atoms in total. The Kier molecular flexibility index (Phi) is 3.28. The number of halogens is 2. The Bertz CT molecular complexity index is 947. The van der Waals surface area contributed by atoms with Crippen molar-refractivity contribution < 1.29 is 17.2 Å². The minimum atomic E-state index is -4.09. The summed E-state index contributed by atoms with van der Waals surface area (Å²) in [7, 11) is -2.54. The third-order valence-electron chi connectivity index (χ3n) is 3.06. The fourth-order valence-electron chi connectivity index (χ4n) is 2.05. The van der Waals surface area contributed by atoms with Crippen molar-refractivity contribution in [1.82, 2.24) is 18.7 Å². The van der Waals surface area contributed by atoms with Crippen LogP contribution in [0.15, 0.2) is 47.9 Å². The van der Waals surface area contributed by atoms with E-state index in [-0.39, 0.29) is 10.5 Å². The lowest BCUT2D eigenvalue weighted by atomic mass is 10.2. The van der Waals surface area contributed by atoms with Crippen LogP contribution in [-0.2, 0) is 17.1 Å². The van der Waals surface area contributed by atoms with E-state index in [4.69, 9.17) is 0 Å². The SMILES string of the molecule is Cn1cc(S(=O)(=O)n2ccc(F)c2-c2cccnc2F)cn1. The van der Waals surface area contributed by atoms with Gasteiger partial charge in [-0.2, -0.15) is 9.49 Å². The minimum Gasteiger partial charge on any atom is -0.274 e. The highest BCUT2D eigenvalue weighted by Crippen LogP contribution is 2.28. The van der Waals surface area contributed by atoms with Crippen molar-refractivity contribution >= 4 is 10.0 Å². The summed E-state index contributed by atoms with van der Waals surface area (Å²) in [6.45, 7) is 0. The van der Waals surface area contributed by atoms with Crippen LogP contribution in [0, 0.1) is 11.8 Å². The molecular formula is C13H10F2N4O2S. The number of rotatable bonds is 3. The molecule has 0 fully saturated rings. The molecule has 114 valence electrons. The van der Waals surface area contributed by atoms with Gasteiger partial charge in [-0.3, -0.25) is 4.68 Å². The highest BCUT2D eigenvalue weighted by atomic mass is 32.2. The van der Waals surface area contributed by atoms with Crippen LogP contribution in [0.25, 0.3) is 11.3 Å². The molecule has 0 saturated carbocycles. The standard InChI is InChI=1S/C13H10F2N4O2S/c1-18-8-9(7-17-18)22(20,21)19-6-4-11(14)12(19)10-3-2-5-16-13(10)15/h2-8H,1H3. The first kappa shape index (κ1) is 14.4. The molecule has 3 rings (SSSR count). The van der Waals surface area contributed by atoms with Gasteiger partial charge in [0, 0.05) is 25.6 Å². The summed E-state index contributed by atoms with van der Waals surface area (Å²) in [6, 6.07) is 3.61. The molecule has 9 heteroatoms. The predicted octanol–water partition coefficient (Wildman–Crippen LogP) is 1.80. The lowest BCUT2D eigenvalue weighted by molar-refractivity contribution is 0.576. The molecule has 22 heavy (non-hydrogen) atoms.